The fourth-order valence-corrected chi connectivity index (χ4v) is 2.22. The lowest BCUT2D eigenvalue weighted by Crippen LogP contribution is -2.06. The monoisotopic (exact) mass is 254 g/mol. The number of rotatable bonds is 3. The predicted octanol–water partition coefficient (Wildman–Crippen LogP) is 4.48. The van der Waals surface area contributed by atoms with Crippen LogP contribution in [0.2, 0.25) is 0 Å². The van der Waals surface area contributed by atoms with Crippen LogP contribution in [0, 0.1) is 5.82 Å². The minimum absolute atomic E-state index is 0.132. The molecule has 0 saturated heterocycles. The van der Waals surface area contributed by atoms with Crippen LogP contribution in [0.4, 0.5) is 10.1 Å². The predicted molar refractivity (Wildman–Crippen MR) is 76.7 cm³/mol. The largest absolute Gasteiger partial charge is 0.378 e. The summed E-state index contributed by atoms with van der Waals surface area (Å²) in [6.45, 7) is 2.06. The molecular weight excluding hydrogens is 239 g/mol. The highest BCUT2D eigenvalue weighted by molar-refractivity contribution is 5.82. The maximum Gasteiger partial charge on any atom is 0.123 e. The molecule has 3 aromatic rings. The number of halogens is 1. The van der Waals surface area contributed by atoms with Gasteiger partial charge in [-0.2, -0.15) is 0 Å². The van der Waals surface area contributed by atoms with Crippen molar-refractivity contribution in [1.82, 2.24) is 4.98 Å². The lowest BCUT2D eigenvalue weighted by molar-refractivity contribution is 0.626. The molecule has 3 heteroatoms. The Kier molecular flexibility index (Phi) is 2.95. The molecule has 0 aliphatic carbocycles. The molecule has 0 fully saturated rings. The summed E-state index contributed by atoms with van der Waals surface area (Å²) in [6.07, 6.45) is 1.93. The highest BCUT2D eigenvalue weighted by Crippen LogP contribution is 2.22. The molecule has 2 aromatic carbocycles. The quantitative estimate of drug-likeness (QED) is 0.708. The highest BCUT2D eigenvalue weighted by Gasteiger charge is 2.06. The van der Waals surface area contributed by atoms with E-state index in [4.69, 9.17) is 0 Å². The minimum atomic E-state index is -0.205. The fraction of sp³-hybridized carbons (Fsp3) is 0.125. The van der Waals surface area contributed by atoms with E-state index in [-0.39, 0.29) is 11.9 Å². The maximum atomic E-state index is 12.9. The number of nitrogens with one attached hydrogen (secondary N) is 2. The normalized spacial score (nSPS) is 12.5. The Balaban J connectivity index is 1.81. The van der Waals surface area contributed by atoms with Gasteiger partial charge in [-0.3, -0.25) is 0 Å². The Morgan fingerprint density at radius 2 is 1.84 bits per heavy atom. The first kappa shape index (κ1) is 11.8. The number of hydrogen-bond donors (Lipinski definition) is 2. The molecule has 0 saturated carbocycles. The summed E-state index contributed by atoms with van der Waals surface area (Å²) in [5, 5.41) is 4.61. The molecule has 2 N–H and O–H groups in total. The smallest absolute Gasteiger partial charge is 0.123 e. The summed E-state index contributed by atoms with van der Waals surface area (Å²) < 4.78 is 12.9. The Morgan fingerprint density at radius 3 is 2.63 bits per heavy atom. The first-order chi connectivity index (χ1) is 9.22. The van der Waals surface area contributed by atoms with Gasteiger partial charge in [0.1, 0.15) is 5.82 Å². The average molecular weight is 254 g/mol. The van der Waals surface area contributed by atoms with E-state index in [0.29, 0.717) is 0 Å². The SMILES string of the molecule is CC(Nc1ccc2cc[nH]c2c1)c1ccc(F)cc1. The minimum Gasteiger partial charge on any atom is -0.378 e. The van der Waals surface area contributed by atoms with Gasteiger partial charge in [0.2, 0.25) is 0 Å². The summed E-state index contributed by atoms with van der Waals surface area (Å²) in [5.74, 6) is -0.205. The number of fused-ring (bicyclic) bond motifs is 1. The third-order valence-corrected chi connectivity index (χ3v) is 3.31. The van der Waals surface area contributed by atoms with E-state index in [2.05, 4.69) is 35.4 Å². The maximum absolute atomic E-state index is 12.9. The molecule has 1 heterocycles. The molecule has 0 aliphatic rings. The molecule has 1 atom stereocenters. The molecule has 0 radical (unpaired) electrons. The van der Waals surface area contributed by atoms with Crippen LogP contribution >= 0.6 is 0 Å². The van der Waals surface area contributed by atoms with Crippen molar-refractivity contribution in [3.8, 4) is 0 Å². The Bertz CT molecular complexity index is 685. The number of benzene rings is 2. The summed E-state index contributed by atoms with van der Waals surface area (Å²) in [5.41, 5.74) is 3.22. The lowest BCUT2D eigenvalue weighted by atomic mass is 10.1. The van der Waals surface area contributed by atoms with Crippen molar-refractivity contribution in [2.75, 3.05) is 5.32 Å². The molecule has 19 heavy (non-hydrogen) atoms. The van der Waals surface area contributed by atoms with Gasteiger partial charge in [0.15, 0.2) is 0 Å². The first-order valence-electron chi connectivity index (χ1n) is 6.31. The molecule has 1 aromatic heterocycles. The van der Waals surface area contributed by atoms with Gasteiger partial charge in [-0.25, -0.2) is 4.39 Å². The van der Waals surface area contributed by atoms with E-state index in [0.717, 1.165) is 16.8 Å². The van der Waals surface area contributed by atoms with E-state index >= 15 is 0 Å². The van der Waals surface area contributed by atoms with Crippen molar-refractivity contribution in [3.63, 3.8) is 0 Å². The van der Waals surface area contributed by atoms with Crippen LogP contribution in [0.25, 0.3) is 10.9 Å². The molecule has 1 unspecified atom stereocenters. The number of hydrogen-bond acceptors (Lipinski definition) is 1. The van der Waals surface area contributed by atoms with Crippen molar-refractivity contribution in [2.24, 2.45) is 0 Å². The Hall–Kier alpha value is -2.29. The van der Waals surface area contributed by atoms with Gasteiger partial charge in [0.05, 0.1) is 0 Å². The molecule has 0 spiro atoms. The van der Waals surface area contributed by atoms with Crippen LogP contribution in [-0.4, -0.2) is 4.98 Å². The summed E-state index contributed by atoms with van der Waals surface area (Å²) in [4.78, 5) is 3.19. The van der Waals surface area contributed by atoms with Gasteiger partial charge in [0.25, 0.3) is 0 Å². The molecule has 0 aliphatic heterocycles. The highest BCUT2D eigenvalue weighted by atomic mass is 19.1. The van der Waals surface area contributed by atoms with Gasteiger partial charge in [-0.15, -0.1) is 0 Å². The van der Waals surface area contributed by atoms with E-state index in [9.17, 15) is 4.39 Å². The topological polar surface area (TPSA) is 27.8 Å². The molecule has 3 rings (SSSR count). The van der Waals surface area contributed by atoms with E-state index < -0.39 is 0 Å². The Morgan fingerprint density at radius 1 is 1.05 bits per heavy atom. The van der Waals surface area contributed by atoms with Crippen LogP contribution in [0.3, 0.4) is 0 Å². The van der Waals surface area contributed by atoms with Crippen LogP contribution in [0.1, 0.15) is 18.5 Å². The van der Waals surface area contributed by atoms with Crippen LogP contribution < -0.4 is 5.32 Å². The second-order valence-corrected chi connectivity index (χ2v) is 4.70. The molecule has 0 bridgehead atoms. The zero-order chi connectivity index (χ0) is 13.2. The zero-order valence-electron chi connectivity index (χ0n) is 10.7. The fourth-order valence-electron chi connectivity index (χ4n) is 2.22. The van der Waals surface area contributed by atoms with E-state index in [1.807, 2.05) is 12.3 Å². The van der Waals surface area contributed by atoms with Crippen molar-refractivity contribution < 1.29 is 4.39 Å². The summed E-state index contributed by atoms with van der Waals surface area (Å²) >= 11 is 0. The second-order valence-electron chi connectivity index (χ2n) is 4.70. The van der Waals surface area contributed by atoms with Crippen molar-refractivity contribution >= 4 is 16.6 Å². The van der Waals surface area contributed by atoms with Crippen molar-refractivity contribution in [1.29, 1.82) is 0 Å². The number of aromatic amines is 1. The number of anilines is 1. The number of aromatic nitrogens is 1. The van der Waals surface area contributed by atoms with Gasteiger partial charge < -0.3 is 10.3 Å². The molecular formula is C16H15FN2. The zero-order valence-corrected chi connectivity index (χ0v) is 10.7. The third-order valence-electron chi connectivity index (χ3n) is 3.31. The van der Waals surface area contributed by atoms with Crippen LogP contribution in [-0.2, 0) is 0 Å². The number of H-pyrrole nitrogens is 1. The third kappa shape index (κ3) is 2.45. The van der Waals surface area contributed by atoms with Crippen LogP contribution in [0.15, 0.2) is 54.7 Å². The second kappa shape index (κ2) is 4.76. The summed E-state index contributed by atoms with van der Waals surface area (Å²) in [6, 6.07) is 15.0. The van der Waals surface area contributed by atoms with Gasteiger partial charge in [0, 0.05) is 23.4 Å². The van der Waals surface area contributed by atoms with Gasteiger partial charge in [-0.05, 0) is 48.2 Å². The van der Waals surface area contributed by atoms with E-state index in [1.165, 1.54) is 17.5 Å². The first-order valence-corrected chi connectivity index (χ1v) is 6.31. The van der Waals surface area contributed by atoms with Crippen molar-refractivity contribution in [3.05, 3.63) is 66.1 Å². The van der Waals surface area contributed by atoms with Gasteiger partial charge in [-0.1, -0.05) is 18.2 Å². The van der Waals surface area contributed by atoms with Gasteiger partial charge >= 0.3 is 0 Å². The standard InChI is InChI=1S/C16H15FN2/c1-11(12-2-5-14(17)6-3-12)19-15-7-4-13-8-9-18-16(13)10-15/h2-11,18-19H,1H3. The Labute approximate surface area is 111 Å². The van der Waals surface area contributed by atoms with Crippen molar-refractivity contribution in [2.45, 2.75) is 13.0 Å². The molecule has 2 nitrogen and oxygen atoms in total. The average Bonchev–Trinajstić information content (AvgIpc) is 2.87. The molecule has 0 amide bonds. The summed E-state index contributed by atoms with van der Waals surface area (Å²) in [7, 11) is 0. The van der Waals surface area contributed by atoms with Crippen LogP contribution in [0.5, 0.6) is 0 Å². The lowest BCUT2D eigenvalue weighted by Gasteiger charge is -2.15. The molecule has 96 valence electrons. The van der Waals surface area contributed by atoms with E-state index in [1.54, 1.807) is 12.1 Å².